The van der Waals surface area contributed by atoms with Crippen LogP contribution in [-0.2, 0) is 16.6 Å². The van der Waals surface area contributed by atoms with E-state index in [1.54, 1.807) is 23.9 Å². The SMILES string of the molecule is C=C(C(=O)Nc1cc(NC(=O)CCl)cnc1C)c1ccc(-c2cnn(C)c2)cc1. The van der Waals surface area contributed by atoms with E-state index in [2.05, 4.69) is 27.3 Å². The van der Waals surface area contributed by atoms with Crippen molar-refractivity contribution in [3.8, 4) is 11.1 Å². The number of hydrogen-bond donors (Lipinski definition) is 2. The van der Waals surface area contributed by atoms with Crippen molar-refractivity contribution in [1.29, 1.82) is 0 Å². The number of alkyl halides is 1. The topological polar surface area (TPSA) is 88.9 Å². The van der Waals surface area contributed by atoms with Crippen LogP contribution in [0, 0.1) is 6.92 Å². The number of nitrogens with zero attached hydrogens (tertiary/aromatic N) is 3. The van der Waals surface area contributed by atoms with Crippen LogP contribution in [0.3, 0.4) is 0 Å². The third-order valence-corrected chi connectivity index (χ3v) is 4.53. The number of pyridine rings is 1. The lowest BCUT2D eigenvalue weighted by atomic mass is 10.0. The molecule has 0 radical (unpaired) electrons. The van der Waals surface area contributed by atoms with Gasteiger partial charge in [-0.15, -0.1) is 11.6 Å². The van der Waals surface area contributed by atoms with Crippen molar-refractivity contribution in [2.45, 2.75) is 6.92 Å². The molecule has 2 aromatic heterocycles. The van der Waals surface area contributed by atoms with Gasteiger partial charge in [-0.25, -0.2) is 0 Å². The Morgan fingerprint density at radius 1 is 1.14 bits per heavy atom. The second-order valence-corrected chi connectivity index (χ2v) is 6.72. The normalized spacial score (nSPS) is 10.4. The van der Waals surface area contributed by atoms with Crippen LogP contribution in [0.25, 0.3) is 16.7 Å². The molecule has 2 N–H and O–H groups in total. The van der Waals surface area contributed by atoms with Crippen LogP contribution in [0.5, 0.6) is 0 Å². The number of aromatic nitrogens is 3. The standard InChI is InChI=1S/C21H20ClN5O2/c1-13(15-4-6-16(7-5-15)17-10-24-27(3)12-17)21(29)26-19-8-18(11-23-14(19)2)25-20(28)9-22/h4-8,10-12H,1,9H2,2-3H3,(H,25,28)(H,26,29). The minimum atomic E-state index is -0.357. The van der Waals surface area contributed by atoms with Crippen LogP contribution < -0.4 is 10.6 Å². The molecule has 3 aromatic rings. The minimum absolute atomic E-state index is 0.165. The van der Waals surface area contributed by atoms with E-state index < -0.39 is 0 Å². The maximum absolute atomic E-state index is 12.7. The van der Waals surface area contributed by atoms with Crippen LogP contribution in [0.15, 0.2) is 55.5 Å². The second-order valence-electron chi connectivity index (χ2n) is 6.45. The number of carbonyl (C=O) groups is 2. The number of aryl methyl sites for hydroxylation is 2. The summed E-state index contributed by atoms with van der Waals surface area (Å²) in [6.07, 6.45) is 5.20. The van der Waals surface area contributed by atoms with Gasteiger partial charge in [-0.05, 0) is 24.1 Å². The average Bonchev–Trinajstić information content (AvgIpc) is 3.16. The monoisotopic (exact) mass is 409 g/mol. The van der Waals surface area contributed by atoms with Crippen molar-refractivity contribution in [3.63, 3.8) is 0 Å². The molecule has 29 heavy (non-hydrogen) atoms. The molecule has 0 saturated heterocycles. The molecule has 0 aliphatic heterocycles. The first-order valence-electron chi connectivity index (χ1n) is 8.79. The lowest BCUT2D eigenvalue weighted by molar-refractivity contribution is -0.114. The number of nitrogens with one attached hydrogen (secondary N) is 2. The Balaban J connectivity index is 1.73. The Morgan fingerprint density at radius 3 is 2.48 bits per heavy atom. The van der Waals surface area contributed by atoms with E-state index in [1.807, 2.05) is 37.5 Å². The molecule has 2 heterocycles. The fourth-order valence-corrected chi connectivity index (χ4v) is 2.75. The average molecular weight is 410 g/mol. The number of hydrogen-bond acceptors (Lipinski definition) is 4. The van der Waals surface area contributed by atoms with Crippen molar-refractivity contribution in [2.24, 2.45) is 7.05 Å². The maximum atomic E-state index is 12.7. The predicted molar refractivity (Wildman–Crippen MR) is 115 cm³/mol. The van der Waals surface area contributed by atoms with Gasteiger partial charge >= 0.3 is 0 Å². The molecule has 0 fully saturated rings. The van der Waals surface area contributed by atoms with Gasteiger partial charge in [-0.2, -0.15) is 5.10 Å². The molecule has 148 valence electrons. The van der Waals surface area contributed by atoms with Crippen molar-refractivity contribution < 1.29 is 9.59 Å². The first-order valence-corrected chi connectivity index (χ1v) is 9.33. The second kappa shape index (κ2) is 8.70. The number of carbonyl (C=O) groups excluding carboxylic acids is 2. The molecule has 0 saturated carbocycles. The molecule has 0 spiro atoms. The Kier molecular flexibility index (Phi) is 6.09. The molecule has 0 unspecified atom stereocenters. The molecule has 7 nitrogen and oxygen atoms in total. The molecule has 3 rings (SSSR count). The van der Waals surface area contributed by atoms with Gasteiger partial charge in [-0.1, -0.05) is 30.8 Å². The van der Waals surface area contributed by atoms with Gasteiger partial charge in [0.25, 0.3) is 5.91 Å². The first kappa shape index (κ1) is 20.3. The zero-order chi connectivity index (χ0) is 21.0. The third-order valence-electron chi connectivity index (χ3n) is 4.29. The summed E-state index contributed by atoms with van der Waals surface area (Å²) in [6.45, 7) is 5.66. The van der Waals surface area contributed by atoms with Crippen molar-refractivity contribution in [3.05, 3.63) is 66.8 Å². The number of halogens is 1. The van der Waals surface area contributed by atoms with E-state index in [-0.39, 0.29) is 17.7 Å². The molecule has 0 aliphatic carbocycles. The fraction of sp³-hybridized carbons (Fsp3) is 0.143. The molecule has 8 heteroatoms. The van der Waals surface area contributed by atoms with Gasteiger partial charge in [0, 0.05) is 24.4 Å². The predicted octanol–water partition coefficient (Wildman–Crippen LogP) is 3.62. The molecule has 1 aromatic carbocycles. The van der Waals surface area contributed by atoms with E-state index in [0.29, 0.717) is 28.2 Å². The summed E-state index contributed by atoms with van der Waals surface area (Å²) in [5, 5.41) is 9.55. The number of benzene rings is 1. The lowest BCUT2D eigenvalue weighted by Crippen LogP contribution is -2.16. The van der Waals surface area contributed by atoms with Gasteiger partial charge < -0.3 is 10.6 Å². The highest BCUT2D eigenvalue weighted by Gasteiger charge is 2.13. The van der Waals surface area contributed by atoms with E-state index in [0.717, 1.165) is 11.1 Å². The summed E-state index contributed by atoms with van der Waals surface area (Å²) in [4.78, 5) is 28.3. The quantitative estimate of drug-likeness (QED) is 0.480. The van der Waals surface area contributed by atoms with Crippen molar-refractivity contribution in [1.82, 2.24) is 14.8 Å². The molecule has 0 bridgehead atoms. The zero-order valence-electron chi connectivity index (χ0n) is 16.1. The minimum Gasteiger partial charge on any atom is -0.324 e. The highest BCUT2D eigenvalue weighted by molar-refractivity contribution is 6.29. The fourth-order valence-electron chi connectivity index (χ4n) is 2.69. The maximum Gasteiger partial charge on any atom is 0.255 e. The van der Waals surface area contributed by atoms with Crippen molar-refractivity contribution in [2.75, 3.05) is 16.5 Å². The summed E-state index contributed by atoms with van der Waals surface area (Å²) in [6, 6.07) is 9.14. The van der Waals surface area contributed by atoms with E-state index in [9.17, 15) is 9.59 Å². The number of amides is 2. The Bertz CT molecular complexity index is 1070. The number of anilines is 2. The van der Waals surface area contributed by atoms with E-state index >= 15 is 0 Å². The molecule has 0 aliphatic rings. The zero-order valence-corrected chi connectivity index (χ0v) is 16.8. The Labute approximate surface area is 173 Å². The lowest BCUT2D eigenvalue weighted by Gasteiger charge is -2.12. The van der Waals surface area contributed by atoms with Crippen LogP contribution in [-0.4, -0.2) is 32.5 Å². The van der Waals surface area contributed by atoms with E-state index in [4.69, 9.17) is 11.6 Å². The smallest absolute Gasteiger partial charge is 0.255 e. The molecular weight excluding hydrogens is 390 g/mol. The molecular formula is C21H20ClN5O2. The summed E-state index contributed by atoms with van der Waals surface area (Å²) in [7, 11) is 1.86. The van der Waals surface area contributed by atoms with Gasteiger partial charge in [0.1, 0.15) is 5.88 Å². The first-order chi connectivity index (χ1) is 13.9. The highest BCUT2D eigenvalue weighted by Crippen LogP contribution is 2.23. The molecule has 2 amide bonds. The Hall–Kier alpha value is -3.45. The van der Waals surface area contributed by atoms with Gasteiger partial charge in [-0.3, -0.25) is 19.3 Å². The van der Waals surface area contributed by atoms with Gasteiger partial charge in [0.2, 0.25) is 5.91 Å². The van der Waals surface area contributed by atoms with Crippen molar-refractivity contribution >= 4 is 40.4 Å². The molecule has 0 atom stereocenters. The van der Waals surface area contributed by atoms with Crippen LogP contribution in [0.2, 0.25) is 0 Å². The largest absolute Gasteiger partial charge is 0.324 e. The summed E-state index contributed by atoms with van der Waals surface area (Å²) < 4.78 is 1.73. The van der Waals surface area contributed by atoms with E-state index in [1.165, 1.54) is 6.20 Å². The highest BCUT2D eigenvalue weighted by atomic mass is 35.5. The Morgan fingerprint density at radius 2 is 1.86 bits per heavy atom. The van der Waals surface area contributed by atoms with Crippen LogP contribution in [0.4, 0.5) is 11.4 Å². The third kappa shape index (κ3) is 4.89. The number of rotatable bonds is 6. The summed E-state index contributed by atoms with van der Waals surface area (Å²) >= 11 is 5.50. The van der Waals surface area contributed by atoms with Gasteiger partial charge in [0.05, 0.1) is 29.5 Å². The summed E-state index contributed by atoms with van der Waals surface area (Å²) in [5.41, 5.74) is 4.55. The summed E-state index contributed by atoms with van der Waals surface area (Å²) in [5.74, 6) is -0.876. The van der Waals surface area contributed by atoms with Crippen LogP contribution >= 0.6 is 11.6 Å². The van der Waals surface area contributed by atoms with Gasteiger partial charge in [0.15, 0.2) is 0 Å². The van der Waals surface area contributed by atoms with Crippen LogP contribution in [0.1, 0.15) is 11.3 Å².